The van der Waals surface area contributed by atoms with Crippen molar-refractivity contribution >= 4 is 16.9 Å². The molecule has 29 heavy (non-hydrogen) atoms. The monoisotopic (exact) mass is 395 g/mol. The number of carbonyl (C=O) groups is 1. The largest absolute Gasteiger partial charge is 0.493 e. The van der Waals surface area contributed by atoms with E-state index in [-0.39, 0.29) is 16.8 Å². The molecule has 0 unspecified atom stereocenters. The molecule has 0 spiro atoms. The Morgan fingerprint density at radius 3 is 2.10 bits per heavy atom. The van der Waals surface area contributed by atoms with E-state index in [0.29, 0.717) is 33.8 Å². The molecule has 0 radical (unpaired) electrons. The fraction of sp³-hybridized carbons (Fsp3) is 0.273. The summed E-state index contributed by atoms with van der Waals surface area (Å²) in [5.74, 6) is 0.891. The van der Waals surface area contributed by atoms with Gasteiger partial charge in [-0.2, -0.15) is 0 Å². The third-order valence-corrected chi connectivity index (χ3v) is 5.33. The van der Waals surface area contributed by atoms with E-state index in [0.717, 1.165) is 11.1 Å². The van der Waals surface area contributed by atoms with Gasteiger partial charge in [0, 0.05) is 0 Å². The SMILES string of the molecule is COc1cc([C@@H]2NC(=O)c3oc4cc(C)c(C)cc4c(=O)c32)cc(OC)c1OC. The van der Waals surface area contributed by atoms with Crippen molar-refractivity contribution in [2.24, 2.45) is 0 Å². The first-order valence-electron chi connectivity index (χ1n) is 9.08. The van der Waals surface area contributed by atoms with Gasteiger partial charge in [0.15, 0.2) is 16.9 Å². The van der Waals surface area contributed by atoms with E-state index >= 15 is 0 Å². The van der Waals surface area contributed by atoms with Crippen LogP contribution in [0.5, 0.6) is 17.2 Å². The van der Waals surface area contributed by atoms with Gasteiger partial charge in [0.05, 0.1) is 38.3 Å². The Hall–Kier alpha value is -3.48. The Labute approximate surface area is 167 Å². The first-order valence-corrected chi connectivity index (χ1v) is 9.08. The number of aryl methyl sites for hydroxylation is 2. The lowest BCUT2D eigenvalue weighted by atomic mass is 9.97. The molecule has 2 aromatic carbocycles. The topological polar surface area (TPSA) is 87.0 Å². The van der Waals surface area contributed by atoms with Crippen LogP contribution in [0.3, 0.4) is 0 Å². The van der Waals surface area contributed by atoms with Crippen LogP contribution in [0.1, 0.15) is 38.9 Å². The van der Waals surface area contributed by atoms with Gasteiger partial charge in [-0.15, -0.1) is 0 Å². The van der Waals surface area contributed by atoms with Crippen LogP contribution >= 0.6 is 0 Å². The molecular weight excluding hydrogens is 374 g/mol. The normalized spacial score (nSPS) is 15.2. The molecule has 3 aromatic rings. The van der Waals surface area contributed by atoms with Crippen LogP contribution < -0.4 is 25.0 Å². The molecule has 0 saturated heterocycles. The average molecular weight is 395 g/mol. The van der Waals surface area contributed by atoms with Crippen molar-refractivity contribution in [3.05, 3.63) is 62.5 Å². The summed E-state index contributed by atoms with van der Waals surface area (Å²) in [4.78, 5) is 25.9. The smallest absolute Gasteiger partial charge is 0.288 e. The molecule has 1 atom stereocenters. The Morgan fingerprint density at radius 1 is 0.897 bits per heavy atom. The number of amides is 1. The summed E-state index contributed by atoms with van der Waals surface area (Å²) in [6, 6.07) is 6.32. The maximum atomic E-state index is 13.3. The summed E-state index contributed by atoms with van der Waals surface area (Å²) in [5, 5.41) is 3.28. The number of ether oxygens (including phenoxy) is 3. The van der Waals surface area contributed by atoms with Gasteiger partial charge in [0.25, 0.3) is 5.91 Å². The maximum absolute atomic E-state index is 13.3. The Bertz CT molecular complexity index is 1190. The number of hydrogen-bond donors (Lipinski definition) is 1. The molecule has 0 aliphatic carbocycles. The van der Waals surface area contributed by atoms with Gasteiger partial charge in [0.1, 0.15) is 5.58 Å². The second kappa shape index (κ2) is 6.84. The molecule has 7 heteroatoms. The highest BCUT2D eigenvalue weighted by Gasteiger charge is 2.37. The predicted octanol–water partition coefficient (Wildman–Crippen LogP) is 3.27. The standard InChI is InChI=1S/C22H21NO6/c1-10-6-13-14(7-11(10)2)29-21-17(19(13)24)18(23-22(21)25)12-8-15(26-3)20(28-5)16(9-12)27-4/h6-9,18H,1-5H3,(H,23,25)/t18-/m0/s1. The molecule has 0 saturated carbocycles. The van der Waals surface area contributed by atoms with Gasteiger partial charge in [-0.25, -0.2) is 0 Å². The maximum Gasteiger partial charge on any atom is 0.288 e. The van der Waals surface area contributed by atoms with Gasteiger partial charge < -0.3 is 23.9 Å². The zero-order valence-corrected chi connectivity index (χ0v) is 16.8. The number of rotatable bonds is 4. The molecule has 1 amide bonds. The molecule has 1 N–H and O–H groups in total. The second-order valence-electron chi connectivity index (χ2n) is 6.97. The molecule has 0 fully saturated rings. The van der Waals surface area contributed by atoms with Gasteiger partial charge in [-0.3, -0.25) is 9.59 Å². The van der Waals surface area contributed by atoms with Crippen LogP contribution in [0.2, 0.25) is 0 Å². The number of benzene rings is 2. The van der Waals surface area contributed by atoms with E-state index in [1.54, 1.807) is 24.3 Å². The average Bonchev–Trinajstić information content (AvgIpc) is 3.05. The number of hydrogen-bond acceptors (Lipinski definition) is 6. The van der Waals surface area contributed by atoms with Crippen molar-refractivity contribution in [2.45, 2.75) is 19.9 Å². The lowest BCUT2D eigenvalue weighted by Crippen LogP contribution is -2.22. The molecule has 1 aromatic heterocycles. The van der Waals surface area contributed by atoms with Crippen molar-refractivity contribution in [1.29, 1.82) is 0 Å². The van der Waals surface area contributed by atoms with Gasteiger partial charge in [0.2, 0.25) is 11.5 Å². The molecule has 0 bridgehead atoms. The van der Waals surface area contributed by atoms with Crippen LogP contribution in [-0.2, 0) is 0 Å². The first kappa shape index (κ1) is 18.9. The minimum Gasteiger partial charge on any atom is -0.493 e. The van der Waals surface area contributed by atoms with Crippen molar-refractivity contribution in [1.82, 2.24) is 5.32 Å². The third-order valence-electron chi connectivity index (χ3n) is 5.33. The summed E-state index contributed by atoms with van der Waals surface area (Å²) < 4.78 is 22.0. The molecule has 150 valence electrons. The van der Waals surface area contributed by atoms with Crippen molar-refractivity contribution in [2.75, 3.05) is 21.3 Å². The van der Waals surface area contributed by atoms with E-state index in [9.17, 15) is 9.59 Å². The zero-order valence-electron chi connectivity index (χ0n) is 16.8. The number of fused-ring (bicyclic) bond motifs is 2. The van der Waals surface area contributed by atoms with E-state index in [1.165, 1.54) is 21.3 Å². The molecule has 1 aliphatic heterocycles. The fourth-order valence-electron chi connectivity index (χ4n) is 3.68. The molecule has 7 nitrogen and oxygen atoms in total. The van der Waals surface area contributed by atoms with Crippen molar-refractivity contribution in [3.63, 3.8) is 0 Å². The van der Waals surface area contributed by atoms with Crippen molar-refractivity contribution in [3.8, 4) is 17.2 Å². The van der Waals surface area contributed by atoms with Crippen LogP contribution in [0.25, 0.3) is 11.0 Å². The van der Waals surface area contributed by atoms with Crippen LogP contribution in [0.4, 0.5) is 0 Å². The highest BCUT2D eigenvalue weighted by Crippen LogP contribution is 2.42. The van der Waals surface area contributed by atoms with Gasteiger partial charge >= 0.3 is 0 Å². The minimum atomic E-state index is -0.687. The number of methoxy groups -OCH3 is 3. The van der Waals surface area contributed by atoms with Crippen molar-refractivity contribution < 1.29 is 23.4 Å². The van der Waals surface area contributed by atoms with Gasteiger partial charge in [-0.1, -0.05) is 0 Å². The Balaban J connectivity index is 1.97. The second-order valence-corrected chi connectivity index (χ2v) is 6.97. The third kappa shape index (κ3) is 2.81. The van der Waals surface area contributed by atoms with E-state index in [4.69, 9.17) is 18.6 Å². The van der Waals surface area contributed by atoms with Crippen LogP contribution in [0.15, 0.2) is 33.5 Å². The first-order chi connectivity index (χ1) is 13.9. The summed E-state index contributed by atoms with van der Waals surface area (Å²) in [7, 11) is 4.53. The summed E-state index contributed by atoms with van der Waals surface area (Å²) in [6.45, 7) is 3.86. The van der Waals surface area contributed by atoms with E-state index in [1.807, 2.05) is 13.8 Å². The summed E-state index contributed by atoms with van der Waals surface area (Å²) >= 11 is 0. The fourth-order valence-corrected chi connectivity index (χ4v) is 3.68. The predicted molar refractivity (Wildman–Crippen MR) is 107 cm³/mol. The zero-order chi connectivity index (χ0) is 20.9. The Morgan fingerprint density at radius 2 is 1.52 bits per heavy atom. The lowest BCUT2D eigenvalue weighted by Gasteiger charge is -2.17. The highest BCUT2D eigenvalue weighted by atomic mass is 16.5. The minimum absolute atomic E-state index is 0.0319. The van der Waals surface area contributed by atoms with Gasteiger partial charge in [-0.05, 0) is 54.8 Å². The highest BCUT2D eigenvalue weighted by molar-refractivity contribution is 5.99. The van der Waals surface area contributed by atoms with E-state index < -0.39 is 11.9 Å². The van der Waals surface area contributed by atoms with Crippen LogP contribution in [-0.4, -0.2) is 27.2 Å². The number of nitrogens with one attached hydrogen (secondary N) is 1. The molecule has 1 aliphatic rings. The molecule has 2 heterocycles. The lowest BCUT2D eigenvalue weighted by molar-refractivity contribution is 0.0937. The molecular formula is C22H21NO6. The number of carbonyl (C=O) groups excluding carboxylic acids is 1. The van der Waals surface area contributed by atoms with E-state index in [2.05, 4.69) is 5.32 Å². The molecule has 4 rings (SSSR count). The summed E-state index contributed by atoms with van der Waals surface area (Å²) in [5.41, 5.74) is 3.03. The van der Waals surface area contributed by atoms with Crippen LogP contribution in [0, 0.1) is 13.8 Å². The summed E-state index contributed by atoms with van der Waals surface area (Å²) in [6.07, 6.45) is 0. The Kier molecular flexibility index (Phi) is 4.45. The quantitative estimate of drug-likeness (QED) is 0.730.